The third-order valence-electron chi connectivity index (χ3n) is 3.67. The van der Waals surface area contributed by atoms with Crippen LogP contribution in [0.4, 0.5) is 13.2 Å². The highest BCUT2D eigenvalue weighted by Crippen LogP contribution is 2.32. The molecule has 0 aliphatic carbocycles. The van der Waals surface area contributed by atoms with Gasteiger partial charge in [0.1, 0.15) is 5.54 Å². The van der Waals surface area contributed by atoms with Crippen molar-refractivity contribution in [2.45, 2.75) is 39.4 Å². The van der Waals surface area contributed by atoms with Crippen LogP contribution in [0.25, 0.3) is 0 Å². The minimum atomic E-state index is -4.52. The minimum Gasteiger partial charge on any atom is -0.341 e. The van der Waals surface area contributed by atoms with Gasteiger partial charge in [0.05, 0.1) is 5.56 Å². The van der Waals surface area contributed by atoms with Crippen LogP contribution in [-0.2, 0) is 21.3 Å². The second-order valence-electron chi connectivity index (χ2n) is 5.36. The molecule has 0 heterocycles. The first-order chi connectivity index (χ1) is 10.6. The third-order valence-corrected chi connectivity index (χ3v) is 3.67. The van der Waals surface area contributed by atoms with E-state index in [9.17, 15) is 22.8 Å². The average molecular weight is 330 g/mol. The van der Waals surface area contributed by atoms with Gasteiger partial charge in [0, 0.05) is 20.0 Å². The standard InChI is InChI=1S/C16H21F3N2O2/c1-5-21(6-2)14(23)15(4,20-11(3)22)12-8-7-9-13(10-12)16(17,18)19/h7-10H,5-6H2,1-4H3,(H,20,22)/t15-/m1/s1. The molecule has 1 aromatic carbocycles. The fourth-order valence-corrected chi connectivity index (χ4v) is 2.43. The molecule has 0 spiro atoms. The maximum absolute atomic E-state index is 12.9. The quantitative estimate of drug-likeness (QED) is 0.902. The maximum atomic E-state index is 12.9. The molecule has 0 unspecified atom stereocenters. The summed E-state index contributed by atoms with van der Waals surface area (Å²) in [5.74, 6) is -0.942. The number of halogens is 3. The second-order valence-corrected chi connectivity index (χ2v) is 5.36. The zero-order chi connectivity index (χ0) is 17.8. The van der Waals surface area contributed by atoms with Crippen LogP contribution in [0.1, 0.15) is 38.8 Å². The van der Waals surface area contributed by atoms with Gasteiger partial charge in [-0.25, -0.2) is 0 Å². The van der Waals surface area contributed by atoms with Gasteiger partial charge >= 0.3 is 6.18 Å². The number of amides is 2. The van der Waals surface area contributed by atoms with E-state index in [2.05, 4.69) is 5.32 Å². The van der Waals surface area contributed by atoms with Gasteiger partial charge in [0.25, 0.3) is 5.91 Å². The van der Waals surface area contributed by atoms with Crippen molar-refractivity contribution in [3.8, 4) is 0 Å². The molecule has 0 aromatic heterocycles. The predicted octanol–water partition coefficient (Wildman–Crippen LogP) is 2.93. The summed E-state index contributed by atoms with van der Waals surface area (Å²) in [6, 6.07) is 4.47. The van der Waals surface area contributed by atoms with Crippen molar-refractivity contribution in [3.63, 3.8) is 0 Å². The Balaban J connectivity index is 3.42. The van der Waals surface area contributed by atoms with Crippen LogP contribution in [0.5, 0.6) is 0 Å². The van der Waals surface area contributed by atoms with Gasteiger partial charge in [-0.3, -0.25) is 9.59 Å². The van der Waals surface area contributed by atoms with Crippen LogP contribution in [-0.4, -0.2) is 29.8 Å². The Morgan fingerprint density at radius 1 is 1.13 bits per heavy atom. The molecule has 1 aromatic rings. The normalized spacial score (nSPS) is 14.0. The molecule has 1 atom stereocenters. The summed E-state index contributed by atoms with van der Waals surface area (Å²) in [7, 11) is 0. The molecule has 23 heavy (non-hydrogen) atoms. The van der Waals surface area contributed by atoms with E-state index in [4.69, 9.17) is 0 Å². The first kappa shape index (κ1) is 19.0. The fourth-order valence-electron chi connectivity index (χ4n) is 2.43. The molecular formula is C16H21F3N2O2. The van der Waals surface area contributed by atoms with E-state index >= 15 is 0 Å². The van der Waals surface area contributed by atoms with Gasteiger partial charge in [-0.15, -0.1) is 0 Å². The van der Waals surface area contributed by atoms with Crippen molar-refractivity contribution in [2.75, 3.05) is 13.1 Å². The van der Waals surface area contributed by atoms with Crippen LogP contribution in [0.15, 0.2) is 24.3 Å². The largest absolute Gasteiger partial charge is 0.416 e. The van der Waals surface area contributed by atoms with Crippen LogP contribution in [0, 0.1) is 0 Å². The molecule has 1 N–H and O–H groups in total. The number of nitrogens with zero attached hydrogens (tertiary/aromatic N) is 1. The molecule has 7 heteroatoms. The van der Waals surface area contributed by atoms with E-state index < -0.39 is 29.1 Å². The first-order valence-corrected chi connectivity index (χ1v) is 7.32. The lowest BCUT2D eigenvalue weighted by Crippen LogP contribution is -2.55. The lowest BCUT2D eigenvalue weighted by Gasteiger charge is -2.35. The first-order valence-electron chi connectivity index (χ1n) is 7.32. The van der Waals surface area contributed by atoms with Crippen molar-refractivity contribution in [1.29, 1.82) is 0 Å². The van der Waals surface area contributed by atoms with Crippen molar-refractivity contribution < 1.29 is 22.8 Å². The zero-order valence-electron chi connectivity index (χ0n) is 13.6. The summed E-state index contributed by atoms with van der Waals surface area (Å²) in [4.78, 5) is 25.7. The van der Waals surface area contributed by atoms with E-state index in [1.54, 1.807) is 13.8 Å². The number of carbonyl (C=O) groups excluding carboxylic acids is 2. The van der Waals surface area contributed by atoms with E-state index in [-0.39, 0.29) is 5.56 Å². The Bertz CT molecular complexity index is 583. The van der Waals surface area contributed by atoms with Gasteiger partial charge in [-0.1, -0.05) is 12.1 Å². The van der Waals surface area contributed by atoms with Crippen LogP contribution in [0.3, 0.4) is 0 Å². The molecule has 0 aliphatic rings. The van der Waals surface area contributed by atoms with E-state index in [0.29, 0.717) is 13.1 Å². The Hall–Kier alpha value is -2.05. The second kappa shape index (κ2) is 7.02. The summed E-state index contributed by atoms with van der Waals surface area (Å²) in [6.45, 7) is 6.96. The number of hydrogen-bond acceptors (Lipinski definition) is 2. The number of hydrogen-bond donors (Lipinski definition) is 1. The summed E-state index contributed by atoms with van der Waals surface area (Å²) >= 11 is 0. The summed E-state index contributed by atoms with van der Waals surface area (Å²) in [5.41, 5.74) is -2.32. The molecule has 1 rings (SSSR count). The summed E-state index contributed by atoms with van der Waals surface area (Å²) < 4.78 is 38.8. The third kappa shape index (κ3) is 4.24. The molecule has 0 fully saturated rings. The Kier molecular flexibility index (Phi) is 5.80. The van der Waals surface area contributed by atoms with Gasteiger partial charge in [0.2, 0.25) is 5.91 Å². The SMILES string of the molecule is CCN(CC)C(=O)[C@](C)(NC(C)=O)c1cccc(C(F)(F)F)c1. The lowest BCUT2D eigenvalue weighted by molar-refractivity contribution is -0.141. The highest BCUT2D eigenvalue weighted by Gasteiger charge is 2.40. The lowest BCUT2D eigenvalue weighted by atomic mass is 9.88. The van der Waals surface area contributed by atoms with Gasteiger partial charge in [-0.05, 0) is 38.5 Å². The predicted molar refractivity (Wildman–Crippen MR) is 80.5 cm³/mol. The van der Waals surface area contributed by atoms with Crippen LogP contribution < -0.4 is 5.32 Å². The fraction of sp³-hybridized carbons (Fsp3) is 0.500. The van der Waals surface area contributed by atoms with Gasteiger partial charge in [0.15, 0.2) is 0 Å². The van der Waals surface area contributed by atoms with E-state index in [0.717, 1.165) is 12.1 Å². The number of carbonyl (C=O) groups is 2. The molecule has 128 valence electrons. The summed E-state index contributed by atoms with van der Waals surface area (Å²) in [6.07, 6.45) is -4.52. The van der Waals surface area contributed by atoms with Gasteiger partial charge < -0.3 is 10.2 Å². The minimum absolute atomic E-state index is 0.0967. The highest BCUT2D eigenvalue weighted by atomic mass is 19.4. The number of likely N-dealkylation sites (N-methyl/N-ethyl adjacent to an activating group) is 1. The smallest absolute Gasteiger partial charge is 0.341 e. The van der Waals surface area contributed by atoms with Crippen LogP contribution in [0.2, 0.25) is 0 Å². The van der Waals surface area contributed by atoms with Crippen molar-refractivity contribution in [3.05, 3.63) is 35.4 Å². The van der Waals surface area contributed by atoms with Gasteiger partial charge in [-0.2, -0.15) is 13.2 Å². The Morgan fingerprint density at radius 3 is 2.09 bits per heavy atom. The number of alkyl halides is 3. The molecule has 0 saturated heterocycles. The topological polar surface area (TPSA) is 49.4 Å². The molecule has 0 radical (unpaired) electrons. The average Bonchev–Trinajstić information content (AvgIpc) is 2.46. The Labute approximate surface area is 133 Å². The molecule has 0 saturated carbocycles. The number of rotatable bonds is 5. The van der Waals surface area contributed by atoms with E-state index in [1.807, 2.05) is 0 Å². The zero-order valence-corrected chi connectivity index (χ0v) is 13.6. The highest BCUT2D eigenvalue weighted by molar-refractivity contribution is 5.91. The van der Waals surface area contributed by atoms with Crippen molar-refractivity contribution >= 4 is 11.8 Å². The molecule has 4 nitrogen and oxygen atoms in total. The van der Waals surface area contributed by atoms with Crippen molar-refractivity contribution in [2.24, 2.45) is 0 Å². The number of nitrogens with one attached hydrogen (secondary N) is 1. The molecule has 0 aliphatic heterocycles. The van der Waals surface area contributed by atoms with E-state index in [1.165, 1.54) is 30.9 Å². The monoisotopic (exact) mass is 330 g/mol. The Morgan fingerprint density at radius 2 is 1.65 bits per heavy atom. The van der Waals surface area contributed by atoms with Crippen molar-refractivity contribution in [1.82, 2.24) is 10.2 Å². The molecule has 2 amide bonds. The molecule has 0 bridgehead atoms. The number of benzene rings is 1. The summed E-state index contributed by atoms with van der Waals surface area (Å²) in [5, 5.41) is 2.50. The maximum Gasteiger partial charge on any atom is 0.416 e. The van der Waals surface area contributed by atoms with Crippen LogP contribution >= 0.6 is 0 Å². The molecular weight excluding hydrogens is 309 g/mol.